The summed E-state index contributed by atoms with van der Waals surface area (Å²) in [5, 5.41) is 87.4. The summed E-state index contributed by atoms with van der Waals surface area (Å²) in [5.74, 6) is -0.246. The number of rotatable bonds is 62. The molecule has 0 aromatic heterocycles. The van der Waals surface area contributed by atoms with E-state index in [0.717, 1.165) is 70.6 Å². The molecule has 93 heavy (non-hydrogen) atoms. The molecule has 0 spiro atoms. The summed E-state index contributed by atoms with van der Waals surface area (Å²) in [5.41, 5.74) is 0. The van der Waals surface area contributed by atoms with Crippen molar-refractivity contribution in [1.29, 1.82) is 0 Å². The zero-order valence-electron chi connectivity index (χ0n) is 58.7. The summed E-state index contributed by atoms with van der Waals surface area (Å²) in [6, 6.07) is -0.934. The van der Waals surface area contributed by atoms with Crippen LogP contribution in [0.1, 0.15) is 303 Å². The first-order valence-corrected chi connectivity index (χ1v) is 38.0. The summed E-state index contributed by atoms with van der Waals surface area (Å²) in [4.78, 5) is 13.3. The van der Waals surface area contributed by atoms with Crippen LogP contribution in [-0.4, -0.2) is 140 Å². The molecule has 2 rings (SSSR count). The van der Waals surface area contributed by atoms with E-state index in [-0.39, 0.29) is 18.9 Å². The second kappa shape index (κ2) is 62.4. The van der Waals surface area contributed by atoms with Crippen molar-refractivity contribution in [2.45, 2.75) is 376 Å². The maximum absolute atomic E-state index is 13.3. The molecular weight excluding hydrogens is 1170 g/mol. The minimum Gasteiger partial charge on any atom is -0.394 e. The molecule has 538 valence electrons. The molecule has 2 aliphatic rings. The van der Waals surface area contributed by atoms with Crippen LogP contribution >= 0.6 is 0 Å². The third-order valence-electron chi connectivity index (χ3n) is 18.0. The van der Waals surface area contributed by atoms with Gasteiger partial charge in [-0.05, 0) is 83.5 Å². The fraction of sp³-hybridized carbons (Fsp3) is 0.785. The number of hydrogen-bond acceptors (Lipinski definition) is 13. The Balaban J connectivity index is 1.57. The average Bonchev–Trinajstić information content (AvgIpc) is 0.958. The van der Waals surface area contributed by atoms with Crippen molar-refractivity contribution in [3.8, 4) is 0 Å². The van der Waals surface area contributed by atoms with Crippen molar-refractivity contribution < 1.29 is 64.6 Å². The minimum atomic E-state index is -1.79. The molecule has 0 saturated carbocycles. The monoisotopic (exact) mass is 1310 g/mol. The highest BCUT2D eigenvalue weighted by Gasteiger charge is 2.51. The van der Waals surface area contributed by atoms with Gasteiger partial charge in [0.25, 0.3) is 0 Å². The molecule has 2 heterocycles. The molecule has 0 aromatic rings. The number of aliphatic hydroxyl groups is 8. The largest absolute Gasteiger partial charge is 0.394 e. The Bertz CT molecular complexity index is 1930. The van der Waals surface area contributed by atoms with E-state index < -0.39 is 86.8 Å². The maximum atomic E-state index is 13.3. The van der Waals surface area contributed by atoms with Crippen LogP contribution in [-0.2, 0) is 23.7 Å². The Labute approximate surface area is 566 Å². The third-order valence-corrected chi connectivity index (χ3v) is 18.0. The van der Waals surface area contributed by atoms with Gasteiger partial charge in [-0.2, -0.15) is 0 Å². The van der Waals surface area contributed by atoms with E-state index in [0.29, 0.717) is 12.8 Å². The number of carbonyl (C=O) groups excluding carboxylic acids is 1. The summed E-state index contributed by atoms with van der Waals surface area (Å²) >= 11 is 0. The van der Waals surface area contributed by atoms with Crippen LogP contribution in [0.2, 0.25) is 0 Å². The van der Waals surface area contributed by atoms with E-state index in [1.807, 2.05) is 6.08 Å². The SMILES string of the molecule is CC/C=C\C/C=C\C/C=C\C/C=C\C/C=C\C/C=C\CCCCCCCCCCCCCCCCCCCCCCCCC(=O)NC(COC1OC(CO)C(OC2OC(CO)C(O)C(O)C2O)C(O)C1O)C(O)/C=C/CC/C=C/CCCCCCCCCCCCCC. The van der Waals surface area contributed by atoms with Crippen LogP contribution in [0.25, 0.3) is 0 Å². The van der Waals surface area contributed by atoms with E-state index in [4.69, 9.17) is 18.9 Å². The van der Waals surface area contributed by atoms with Crippen molar-refractivity contribution in [1.82, 2.24) is 5.32 Å². The molecule has 14 nitrogen and oxygen atoms in total. The molecule has 0 radical (unpaired) electrons. The topological polar surface area (TPSA) is 228 Å². The molecule has 0 aromatic carbocycles. The molecule has 12 atom stereocenters. The highest BCUT2D eigenvalue weighted by molar-refractivity contribution is 5.76. The number of allylic oxidation sites excluding steroid dienone is 15. The summed E-state index contributed by atoms with van der Waals surface area (Å²) < 4.78 is 22.8. The molecule has 2 aliphatic heterocycles. The van der Waals surface area contributed by atoms with Crippen molar-refractivity contribution in [2.75, 3.05) is 19.8 Å². The van der Waals surface area contributed by atoms with E-state index in [9.17, 15) is 45.6 Å². The van der Waals surface area contributed by atoms with Gasteiger partial charge in [0, 0.05) is 6.42 Å². The third kappa shape index (κ3) is 45.9. The second-order valence-corrected chi connectivity index (χ2v) is 26.4. The van der Waals surface area contributed by atoms with Gasteiger partial charge in [-0.3, -0.25) is 4.79 Å². The lowest BCUT2D eigenvalue weighted by Gasteiger charge is -2.46. The molecule has 0 aliphatic carbocycles. The van der Waals surface area contributed by atoms with Gasteiger partial charge in [0.05, 0.1) is 32.0 Å². The van der Waals surface area contributed by atoms with E-state index in [1.54, 1.807) is 6.08 Å². The van der Waals surface area contributed by atoms with Gasteiger partial charge in [-0.25, -0.2) is 0 Å². The van der Waals surface area contributed by atoms with Crippen LogP contribution in [0, 0.1) is 0 Å². The van der Waals surface area contributed by atoms with Gasteiger partial charge in [0.1, 0.15) is 48.8 Å². The second-order valence-electron chi connectivity index (χ2n) is 26.4. The van der Waals surface area contributed by atoms with Crippen molar-refractivity contribution >= 4 is 5.91 Å². The first-order valence-electron chi connectivity index (χ1n) is 38.0. The fourth-order valence-electron chi connectivity index (χ4n) is 12.0. The Hall–Kier alpha value is -3.09. The van der Waals surface area contributed by atoms with E-state index in [1.165, 1.54) is 199 Å². The standard InChI is InChI=1S/C79H139NO13/c1-3-5-7-9-11-13-15-17-19-21-23-24-25-26-27-28-29-30-31-32-33-34-35-36-37-38-39-40-41-42-43-44-45-47-49-51-53-55-57-59-61-63-71(84)80-67(68(83)62-60-58-56-54-52-50-48-46-22-20-18-16-14-12-10-8-6-4-2)66-90-78-76(89)74(87)77(70(65-82)92-78)93-79-75(88)73(86)72(85)69(64-81)91-79/h5,7,11,13,17,19,23-24,26-27,29-30,52,54,60,62,67-70,72-79,81-83,85-89H,3-4,6,8-10,12,14-16,18,20-22,25,28,31-51,53,55-59,61,63-66H2,1-2H3,(H,80,84)/b7-5-,13-11-,19-17-,24-23-,27-26-,30-29-,54-52+,62-60+. The highest BCUT2D eigenvalue weighted by Crippen LogP contribution is 2.30. The smallest absolute Gasteiger partial charge is 0.220 e. The Morgan fingerprint density at radius 3 is 1.18 bits per heavy atom. The molecule has 1 amide bonds. The van der Waals surface area contributed by atoms with E-state index >= 15 is 0 Å². The van der Waals surface area contributed by atoms with Gasteiger partial charge in [-0.1, -0.05) is 310 Å². The van der Waals surface area contributed by atoms with Crippen molar-refractivity contribution in [3.63, 3.8) is 0 Å². The predicted molar refractivity (Wildman–Crippen MR) is 383 cm³/mol. The predicted octanol–water partition coefficient (Wildman–Crippen LogP) is 16.5. The first-order chi connectivity index (χ1) is 45.6. The zero-order valence-corrected chi connectivity index (χ0v) is 58.7. The average molecular weight is 1310 g/mol. The number of amides is 1. The van der Waals surface area contributed by atoms with Crippen LogP contribution in [0.4, 0.5) is 0 Å². The molecule has 2 fully saturated rings. The molecule has 14 heteroatoms. The normalized spacial score (nSPS) is 23.1. The van der Waals surface area contributed by atoms with Gasteiger partial charge in [-0.15, -0.1) is 0 Å². The van der Waals surface area contributed by atoms with Crippen LogP contribution in [0.15, 0.2) is 97.2 Å². The number of aliphatic hydroxyl groups excluding tert-OH is 8. The number of ether oxygens (including phenoxy) is 4. The number of carbonyl (C=O) groups is 1. The van der Waals surface area contributed by atoms with Crippen molar-refractivity contribution in [3.05, 3.63) is 97.2 Å². The molecule has 0 bridgehead atoms. The zero-order chi connectivity index (χ0) is 67.3. The van der Waals surface area contributed by atoms with Gasteiger partial charge < -0.3 is 65.1 Å². The van der Waals surface area contributed by atoms with Crippen LogP contribution in [0.5, 0.6) is 0 Å². The lowest BCUT2D eigenvalue weighted by atomic mass is 9.97. The lowest BCUT2D eigenvalue weighted by molar-refractivity contribution is -0.359. The lowest BCUT2D eigenvalue weighted by Crippen LogP contribution is -2.65. The molecular formula is C79H139NO13. The van der Waals surface area contributed by atoms with Crippen LogP contribution < -0.4 is 5.32 Å². The van der Waals surface area contributed by atoms with Crippen LogP contribution in [0.3, 0.4) is 0 Å². The molecule has 12 unspecified atom stereocenters. The van der Waals surface area contributed by atoms with Crippen molar-refractivity contribution in [2.24, 2.45) is 0 Å². The maximum Gasteiger partial charge on any atom is 0.220 e. The first kappa shape index (κ1) is 86.0. The Kier molecular flexibility index (Phi) is 57.7. The van der Waals surface area contributed by atoms with Gasteiger partial charge in [0.2, 0.25) is 5.91 Å². The summed E-state index contributed by atoms with van der Waals surface area (Å²) in [6.45, 7) is 2.69. The Morgan fingerprint density at radius 2 is 0.753 bits per heavy atom. The molecule has 9 N–H and O–H groups in total. The summed E-state index contributed by atoms with van der Waals surface area (Å²) in [7, 11) is 0. The minimum absolute atomic E-state index is 0.246. The highest BCUT2D eigenvalue weighted by atomic mass is 16.7. The fourth-order valence-corrected chi connectivity index (χ4v) is 12.0. The van der Waals surface area contributed by atoms with E-state index in [2.05, 4.69) is 104 Å². The summed E-state index contributed by atoms with van der Waals surface area (Å²) in [6.07, 6.45) is 72.0. The van der Waals surface area contributed by atoms with Gasteiger partial charge >= 0.3 is 0 Å². The number of hydrogen-bond donors (Lipinski definition) is 9. The molecule has 2 saturated heterocycles. The number of nitrogens with one attached hydrogen (secondary N) is 1. The Morgan fingerprint density at radius 1 is 0.398 bits per heavy atom. The number of unbranched alkanes of at least 4 members (excludes halogenated alkanes) is 35. The van der Waals surface area contributed by atoms with Gasteiger partial charge in [0.15, 0.2) is 12.6 Å². The quantitative estimate of drug-likeness (QED) is 0.0204.